The predicted octanol–water partition coefficient (Wildman–Crippen LogP) is 1.81. The molecule has 3 heterocycles. The Kier molecular flexibility index (Phi) is 4.97. The largest absolute Gasteiger partial charge is 0.376 e. The number of nitrogens with one attached hydrogen (secondary N) is 2. The van der Waals surface area contributed by atoms with E-state index >= 15 is 0 Å². The number of nitrogens with zero attached hydrogens (tertiary/aromatic N) is 2. The van der Waals surface area contributed by atoms with Gasteiger partial charge in [-0.05, 0) is 30.4 Å². The molecule has 0 spiro atoms. The number of fused-ring (bicyclic) bond motifs is 1. The standard InChI is InChI=1S/C19H20N4O4/c24-16(20-11-13-5-3-9-26-13)7-8-17-22-18(23-27-17)14-10-12-4-1-2-6-15(12)21-19(14)25/h1-2,4,6,10,13H,3,5,7-9,11H2,(H,20,24)(H,21,25)/t13-/m0/s1. The molecule has 3 aromatic rings. The number of pyridine rings is 1. The van der Waals surface area contributed by atoms with Crippen molar-refractivity contribution in [1.29, 1.82) is 0 Å². The topological polar surface area (TPSA) is 110 Å². The normalized spacial score (nSPS) is 16.7. The van der Waals surface area contributed by atoms with E-state index in [0.717, 1.165) is 30.4 Å². The summed E-state index contributed by atoms with van der Waals surface area (Å²) in [5.74, 6) is 0.454. The van der Waals surface area contributed by atoms with Gasteiger partial charge in [-0.1, -0.05) is 23.4 Å². The molecule has 0 unspecified atom stereocenters. The van der Waals surface area contributed by atoms with Crippen LogP contribution in [0.15, 0.2) is 39.6 Å². The molecule has 140 valence electrons. The molecule has 1 aliphatic rings. The summed E-state index contributed by atoms with van der Waals surface area (Å²) in [4.78, 5) is 31.3. The van der Waals surface area contributed by atoms with Gasteiger partial charge in [-0.2, -0.15) is 4.98 Å². The maximum Gasteiger partial charge on any atom is 0.259 e. The van der Waals surface area contributed by atoms with Crippen molar-refractivity contribution in [3.63, 3.8) is 0 Å². The number of aromatic nitrogens is 3. The van der Waals surface area contributed by atoms with E-state index in [4.69, 9.17) is 9.26 Å². The Morgan fingerprint density at radius 2 is 2.22 bits per heavy atom. The summed E-state index contributed by atoms with van der Waals surface area (Å²) >= 11 is 0. The number of carbonyl (C=O) groups is 1. The fraction of sp³-hybridized carbons (Fsp3) is 0.368. The zero-order chi connectivity index (χ0) is 18.6. The van der Waals surface area contributed by atoms with Crippen molar-refractivity contribution in [2.45, 2.75) is 31.8 Å². The Labute approximate surface area is 154 Å². The van der Waals surface area contributed by atoms with Crippen molar-refractivity contribution >= 4 is 16.8 Å². The number of rotatable bonds is 6. The average Bonchev–Trinajstić information content (AvgIpc) is 3.36. The van der Waals surface area contributed by atoms with Crippen molar-refractivity contribution in [2.75, 3.05) is 13.2 Å². The Bertz CT molecular complexity index is 1000. The van der Waals surface area contributed by atoms with Crippen LogP contribution in [0.4, 0.5) is 0 Å². The van der Waals surface area contributed by atoms with Crippen LogP contribution >= 0.6 is 0 Å². The first-order valence-electron chi connectivity index (χ1n) is 9.02. The van der Waals surface area contributed by atoms with E-state index in [0.29, 0.717) is 24.4 Å². The van der Waals surface area contributed by atoms with Gasteiger partial charge >= 0.3 is 0 Å². The lowest BCUT2D eigenvalue weighted by Crippen LogP contribution is -2.31. The summed E-state index contributed by atoms with van der Waals surface area (Å²) in [6, 6.07) is 9.21. The first-order chi connectivity index (χ1) is 13.2. The fourth-order valence-electron chi connectivity index (χ4n) is 3.12. The van der Waals surface area contributed by atoms with Crippen LogP contribution in [0.25, 0.3) is 22.3 Å². The zero-order valence-electron chi connectivity index (χ0n) is 14.7. The minimum atomic E-state index is -0.282. The highest BCUT2D eigenvalue weighted by atomic mass is 16.5. The number of hydrogen-bond donors (Lipinski definition) is 2. The van der Waals surface area contributed by atoms with Crippen LogP contribution in [0, 0.1) is 0 Å². The van der Waals surface area contributed by atoms with Crippen molar-refractivity contribution in [3.8, 4) is 11.4 Å². The Morgan fingerprint density at radius 1 is 1.33 bits per heavy atom. The van der Waals surface area contributed by atoms with Gasteiger partial charge in [-0.15, -0.1) is 0 Å². The van der Waals surface area contributed by atoms with Gasteiger partial charge in [0.05, 0.1) is 11.7 Å². The van der Waals surface area contributed by atoms with Gasteiger partial charge in [-0.3, -0.25) is 9.59 Å². The second-order valence-electron chi connectivity index (χ2n) is 6.55. The number of ether oxygens (including phenoxy) is 1. The number of aryl methyl sites for hydroxylation is 1. The van der Waals surface area contributed by atoms with Crippen molar-refractivity contribution in [1.82, 2.24) is 20.4 Å². The summed E-state index contributed by atoms with van der Waals surface area (Å²) in [6.45, 7) is 1.29. The van der Waals surface area contributed by atoms with Crippen LogP contribution in [0.5, 0.6) is 0 Å². The number of para-hydroxylation sites is 1. The highest BCUT2D eigenvalue weighted by Crippen LogP contribution is 2.17. The molecule has 1 atom stereocenters. The van der Waals surface area contributed by atoms with E-state index in [1.54, 1.807) is 6.07 Å². The molecule has 27 heavy (non-hydrogen) atoms. The molecule has 2 N–H and O–H groups in total. The molecule has 8 heteroatoms. The molecule has 4 rings (SSSR count). The Hall–Kier alpha value is -3.00. The number of carbonyl (C=O) groups excluding carboxylic acids is 1. The van der Waals surface area contributed by atoms with Crippen molar-refractivity contribution in [3.05, 3.63) is 46.6 Å². The first kappa shape index (κ1) is 17.4. The molecule has 1 fully saturated rings. The molecule has 0 radical (unpaired) electrons. The van der Waals surface area contributed by atoms with Crippen LogP contribution in [0.3, 0.4) is 0 Å². The quantitative estimate of drug-likeness (QED) is 0.687. The van der Waals surface area contributed by atoms with E-state index in [-0.39, 0.29) is 29.8 Å². The van der Waals surface area contributed by atoms with Gasteiger partial charge in [0.15, 0.2) is 0 Å². The summed E-state index contributed by atoms with van der Waals surface area (Å²) in [6.07, 6.45) is 2.69. The second-order valence-corrected chi connectivity index (χ2v) is 6.55. The monoisotopic (exact) mass is 368 g/mol. The Morgan fingerprint density at radius 3 is 3.07 bits per heavy atom. The maximum absolute atomic E-state index is 12.3. The zero-order valence-corrected chi connectivity index (χ0v) is 14.7. The minimum absolute atomic E-state index is 0.0891. The number of benzene rings is 1. The summed E-state index contributed by atoms with van der Waals surface area (Å²) in [5.41, 5.74) is 0.805. The second kappa shape index (κ2) is 7.71. The van der Waals surface area contributed by atoms with Gasteiger partial charge in [0.1, 0.15) is 0 Å². The third-order valence-corrected chi connectivity index (χ3v) is 4.58. The van der Waals surface area contributed by atoms with Gasteiger partial charge < -0.3 is 19.6 Å². The van der Waals surface area contributed by atoms with Crippen LogP contribution in [-0.2, 0) is 16.0 Å². The van der Waals surface area contributed by atoms with Crippen LogP contribution in [0.1, 0.15) is 25.2 Å². The summed E-state index contributed by atoms with van der Waals surface area (Å²) in [5, 5.41) is 7.62. The molecular weight excluding hydrogens is 348 g/mol. The average molecular weight is 368 g/mol. The molecule has 0 saturated carbocycles. The molecule has 2 aromatic heterocycles. The third-order valence-electron chi connectivity index (χ3n) is 4.58. The number of hydrogen-bond acceptors (Lipinski definition) is 6. The highest BCUT2D eigenvalue weighted by Gasteiger charge is 2.17. The maximum atomic E-state index is 12.3. The van der Waals surface area contributed by atoms with Crippen LogP contribution in [-0.4, -0.2) is 40.3 Å². The van der Waals surface area contributed by atoms with Crippen molar-refractivity contribution in [2.24, 2.45) is 0 Å². The lowest BCUT2D eigenvalue weighted by molar-refractivity contribution is -0.121. The minimum Gasteiger partial charge on any atom is -0.376 e. The molecule has 0 bridgehead atoms. The molecule has 1 saturated heterocycles. The van der Waals surface area contributed by atoms with E-state index in [1.165, 1.54) is 0 Å². The molecule has 0 aliphatic carbocycles. The lowest BCUT2D eigenvalue weighted by Gasteiger charge is -2.09. The first-order valence-corrected chi connectivity index (χ1v) is 9.02. The lowest BCUT2D eigenvalue weighted by atomic mass is 10.1. The van der Waals surface area contributed by atoms with E-state index in [2.05, 4.69) is 20.4 Å². The Balaban J connectivity index is 1.39. The number of H-pyrrole nitrogens is 1. The van der Waals surface area contributed by atoms with Crippen molar-refractivity contribution < 1.29 is 14.1 Å². The summed E-state index contributed by atoms with van der Waals surface area (Å²) in [7, 11) is 0. The van der Waals surface area contributed by atoms with Gasteiger partial charge in [0.25, 0.3) is 5.56 Å². The van der Waals surface area contributed by atoms with Gasteiger partial charge in [0, 0.05) is 31.5 Å². The van der Waals surface area contributed by atoms with Gasteiger partial charge in [0.2, 0.25) is 17.6 Å². The molecule has 1 aromatic carbocycles. The molecular formula is C19H20N4O4. The SMILES string of the molecule is O=C(CCc1nc(-c2cc3ccccc3[nH]c2=O)no1)NC[C@@H]1CCCO1. The van der Waals surface area contributed by atoms with Crippen LogP contribution in [0.2, 0.25) is 0 Å². The highest BCUT2D eigenvalue weighted by molar-refractivity contribution is 5.82. The molecule has 8 nitrogen and oxygen atoms in total. The van der Waals surface area contributed by atoms with E-state index in [1.807, 2.05) is 24.3 Å². The van der Waals surface area contributed by atoms with Gasteiger partial charge in [-0.25, -0.2) is 0 Å². The van der Waals surface area contributed by atoms with E-state index in [9.17, 15) is 9.59 Å². The smallest absolute Gasteiger partial charge is 0.259 e. The fourth-order valence-corrected chi connectivity index (χ4v) is 3.12. The summed E-state index contributed by atoms with van der Waals surface area (Å²) < 4.78 is 10.7. The molecule has 1 aliphatic heterocycles. The predicted molar refractivity (Wildman–Crippen MR) is 98.2 cm³/mol. The van der Waals surface area contributed by atoms with E-state index < -0.39 is 0 Å². The van der Waals surface area contributed by atoms with Crippen LogP contribution < -0.4 is 10.9 Å². The third kappa shape index (κ3) is 4.06. The number of amides is 1. The molecule has 1 amide bonds. The number of aromatic amines is 1.